The molecule has 0 heterocycles. The van der Waals surface area contributed by atoms with Gasteiger partial charge < -0.3 is 16.4 Å². The van der Waals surface area contributed by atoms with Crippen molar-refractivity contribution >= 4 is 15.5 Å². The second-order valence-electron chi connectivity index (χ2n) is 4.14. The molecule has 0 aliphatic heterocycles. The highest BCUT2D eigenvalue weighted by atomic mass is 32.2. The first kappa shape index (κ1) is 14.0. The fourth-order valence-corrected chi connectivity index (χ4v) is 2.11. The quantitative estimate of drug-likeness (QED) is 0.763. The van der Waals surface area contributed by atoms with Crippen molar-refractivity contribution in [1.82, 2.24) is 0 Å². The first-order valence-electron chi connectivity index (χ1n) is 5.31. The van der Waals surface area contributed by atoms with Gasteiger partial charge in [-0.15, -0.1) is 0 Å². The van der Waals surface area contributed by atoms with E-state index in [1.807, 2.05) is 11.9 Å². The highest BCUT2D eigenvalue weighted by molar-refractivity contribution is 7.90. The number of rotatable bonds is 5. The van der Waals surface area contributed by atoms with Crippen molar-refractivity contribution in [1.29, 1.82) is 0 Å². The van der Waals surface area contributed by atoms with Crippen LogP contribution < -0.4 is 16.4 Å². The number of benzene rings is 1. The summed E-state index contributed by atoms with van der Waals surface area (Å²) >= 11 is 0. The summed E-state index contributed by atoms with van der Waals surface area (Å²) in [5, 5.41) is 0. The van der Waals surface area contributed by atoms with Gasteiger partial charge in [-0.3, -0.25) is 0 Å². The molecule has 1 rings (SSSR count). The number of anilines is 1. The average Bonchev–Trinajstić information content (AvgIpc) is 2.27. The summed E-state index contributed by atoms with van der Waals surface area (Å²) in [6.45, 7) is 1.06. The van der Waals surface area contributed by atoms with Crippen molar-refractivity contribution < 1.29 is 8.42 Å². The maximum atomic E-state index is 11.3. The largest absolute Gasteiger partial charge is 0.373 e. The summed E-state index contributed by atoms with van der Waals surface area (Å²) in [7, 11) is -1.24. The predicted molar refractivity (Wildman–Crippen MR) is 69.9 cm³/mol. The molecule has 0 aliphatic carbocycles. The van der Waals surface area contributed by atoms with E-state index < -0.39 is 9.84 Å². The molecular weight excluding hydrogens is 238 g/mol. The Hall–Kier alpha value is -1.11. The van der Waals surface area contributed by atoms with E-state index in [9.17, 15) is 8.42 Å². The molecule has 0 aliphatic rings. The lowest BCUT2D eigenvalue weighted by Crippen LogP contribution is -2.40. The van der Waals surface area contributed by atoms with Crippen LogP contribution in [0, 0.1) is 0 Å². The van der Waals surface area contributed by atoms with Crippen molar-refractivity contribution in [2.24, 2.45) is 11.5 Å². The zero-order valence-corrected chi connectivity index (χ0v) is 10.9. The lowest BCUT2D eigenvalue weighted by molar-refractivity contribution is 0.602. The third kappa shape index (κ3) is 3.99. The maximum Gasteiger partial charge on any atom is 0.175 e. The normalized spacial score (nSPS) is 13.4. The van der Waals surface area contributed by atoms with Crippen molar-refractivity contribution in [3.63, 3.8) is 0 Å². The van der Waals surface area contributed by atoms with Gasteiger partial charge in [0.15, 0.2) is 9.84 Å². The topological polar surface area (TPSA) is 89.4 Å². The van der Waals surface area contributed by atoms with E-state index in [1.165, 1.54) is 6.26 Å². The average molecular weight is 257 g/mol. The lowest BCUT2D eigenvalue weighted by atomic mass is 10.2. The van der Waals surface area contributed by atoms with Gasteiger partial charge in [0.1, 0.15) is 0 Å². The highest BCUT2D eigenvalue weighted by Gasteiger charge is 2.09. The van der Waals surface area contributed by atoms with Crippen LogP contribution in [0.15, 0.2) is 29.2 Å². The Morgan fingerprint density at radius 1 is 1.29 bits per heavy atom. The molecule has 5 nitrogen and oxygen atoms in total. The van der Waals surface area contributed by atoms with Crippen molar-refractivity contribution in [2.75, 3.05) is 31.3 Å². The smallest absolute Gasteiger partial charge is 0.175 e. The van der Waals surface area contributed by atoms with Gasteiger partial charge in [0.2, 0.25) is 0 Å². The number of sulfone groups is 1. The molecule has 0 bridgehead atoms. The van der Waals surface area contributed by atoms with Gasteiger partial charge >= 0.3 is 0 Å². The number of hydrogen-bond acceptors (Lipinski definition) is 5. The molecule has 0 radical (unpaired) electrons. The monoisotopic (exact) mass is 257 g/mol. The van der Waals surface area contributed by atoms with Crippen molar-refractivity contribution in [2.45, 2.75) is 10.9 Å². The number of hydrogen-bond donors (Lipinski definition) is 2. The first-order chi connectivity index (χ1) is 7.84. The molecule has 1 aromatic carbocycles. The summed E-state index contributed by atoms with van der Waals surface area (Å²) in [6.07, 6.45) is 1.19. The van der Waals surface area contributed by atoms with E-state index in [0.29, 0.717) is 18.0 Å². The fourth-order valence-electron chi connectivity index (χ4n) is 1.48. The molecule has 17 heavy (non-hydrogen) atoms. The molecule has 1 aromatic rings. The van der Waals surface area contributed by atoms with E-state index in [0.717, 1.165) is 5.69 Å². The number of nitrogens with two attached hydrogens (primary N) is 2. The summed E-state index contributed by atoms with van der Waals surface area (Å²) in [4.78, 5) is 2.27. The highest BCUT2D eigenvalue weighted by Crippen LogP contribution is 2.16. The van der Waals surface area contributed by atoms with Crippen molar-refractivity contribution in [3.05, 3.63) is 24.3 Å². The van der Waals surface area contributed by atoms with Gasteiger partial charge in [0.05, 0.1) is 4.90 Å². The van der Waals surface area contributed by atoms with Crippen LogP contribution in [-0.4, -0.2) is 40.9 Å². The van der Waals surface area contributed by atoms with E-state index >= 15 is 0 Å². The Morgan fingerprint density at radius 2 is 1.82 bits per heavy atom. The Morgan fingerprint density at radius 3 is 2.24 bits per heavy atom. The SMILES string of the molecule is CN(CC(N)CN)c1ccc(S(C)(=O)=O)cc1. The minimum atomic E-state index is -3.14. The van der Waals surface area contributed by atoms with Crippen molar-refractivity contribution in [3.8, 4) is 0 Å². The molecule has 0 aromatic heterocycles. The van der Waals surface area contributed by atoms with E-state index in [2.05, 4.69) is 0 Å². The van der Waals surface area contributed by atoms with E-state index in [1.54, 1.807) is 24.3 Å². The second-order valence-corrected chi connectivity index (χ2v) is 6.16. The predicted octanol–water partition coefficient (Wildman–Crippen LogP) is -0.188. The minimum absolute atomic E-state index is 0.0883. The molecule has 1 atom stereocenters. The lowest BCUT2D eigenvalue weighted by Gasteiger charge is -2.22. The maximum absolute atomic E-state index is 11.3. The summed E-state index contributed by atoms with van der Waals surface area (Å²) < 4.78 is 22.6. The third-order valence-corrected chi connectivity index (χ3v) is 3.65. The van der Waals surface area contributed by atoms with Gasteiger partial charge in [-0.2, -0.15) is 0 Å². The minimum Gasteiger partial charge on any atom is -0.373 e. The van der Waals surface area contributed by atoms with Crippen LogP contribution in [0.3, 0.4) is 0 Å². The van der Waals surface area contributed by atoms with Crippen LogP contribution in [0.2, 0.25) is 0 Å². The van der Waals surface area contributed by atoms with E-state index in [4.69, 9.17) is 11.5 Å². The fraction of sp³-hybridized carbons (Fsp3) is 0.455. The van der Waals surface area contributed by atoms with Crippen LogP contribution in [0.5, 0.6) is 0 Å². The molecule has 0 spiro atoms. The Kier molecular flexibility index (Phi) is 4.50. The Balaban J connectivity index is 2.81. The van der Waals surface area contributed by atoms with Crippen LogP contribution in [-0.2, 0) is 9.84 Å². The standard InChI is InChI=1S/C11H19N3O2S/c1-14(8-9(13)7-12)10-3-5-11(6-4-10)17(2,15)16/h3-6,9H,7-8,12-13H2,1-2H3. The first-order valence-corrected chi connectivity index (χ1v) is 7.20. The van der Waals surface area contributed by atoms with Gasteiger partial charge in [-0.25, -0.2) is 8.42 Å². The molecule has 0 amide bonds. The zero-order chi connectivity index (χ0) is 13.1. The van der Waals surface area contributed by atoms with Gasteiger partial charge in [-0.1, -0.05) is 0 Å². The summed E-state index contributed by atoms with van der Waals surface area (Å²) in [5.74, 6) is 0. The summed E-state index contributed by atoms with van der Waals surface area (Å²) in [5.41, 5.74) is 12.1. The molecule has 6 heteroatoms. The van der Waals surface area contributed by atoms with Gasteiger partial charge in [0, 0.05) is 38.1 Å². The zero-order valence-electron chi connectivity index (χ0n) is 10.1. The molecule has 96 valence electrons. The Bertz CT molecular complexity index is 456. The molecule has 4 N–H and O–H groups in total. The molecular formula is C11H19N3O2S. The van der Waals surface area contributed by atoms with E-state index in [-0.39, 0.29) is 6.04 Å². The second kappa shape index (κ2) is 5.48. The molecule has 0 saturated heterocycles. The van der Waals surface area contributed by atoms with Crippen LogP contribution in [0.4, 0.5) is 5.69 Å². The van der Waals surface area contributed by atoms with Crippen LogP contribution in [0.25, 0.3) is 0 Å². The van der Waals surface area contributed by atoms with Gasteiger partial charge in [-0.05, 0) is 24.3 Å². The third-order valence-electron chi connectivity index (χ3n) is 2.52. The molecule has 0 fully saturated rings. The molecule has 0 saturated carbocycles. The molecule has 1 unspecified atom stereocenters. The number of nitrogens with zero attached hydrogens (tertiary/aromatic N) is 1. The van der Waals surface area contributed by atoms with Gasteiger partial charge in [0.25, 0.3) is 0 Å². The Labute approximate surface area is 102 Å². The van der Waals surface area contributed by atoms with Crippen LogP contribution in [0.1, 0.15) is 0 Å². The number of likely N-dealkylation sites (N-methyl/N-ethyl adjacent to an activating group) is 1. The van der Waals surface area contributed by atoms with Crippen LogP contribution >= 0.6 is 0 Å². The summed E-state index contributed by atoms with van der Waals surface area (Å²) in [6, 6.07) is 6.62.